The summed E-state index contributed by atoms with van der Waals surface area (Å²) < 4.78 is 40.5. The second-order valence-electron chi connectivity index (χ2n) is 5.14. The monoisotopic (exact) mass is 286 g/mol. The molecule has 0 aliphatic heterocycles. The normalized spacial score (nSPS) is 24.3. The molecule has 1 aromatic carbocycles. The molecule has 4 nitrogen and oxygen atoms in total. The number of sulfonamides is 1. The van der Waals surface area contributed by atoms with Gasteiger partial charge in [-0.2, -0.15) is 0 Å². The number of anilines is 1. The summed E-state index contributed by atoms with van der Waals surface area (Å²) in [6.45, 7) is 2.03. The van der Waals surface area contributed by atoms with Crippen molar-refractivity contribution in [2.45, 2.75) is 43.5 Å². The number of nitrogens with one attached hydrogen (secondary N) is 1. The zero-order valence-corrected chi connectivity index (χ0v) is 11.7. The minimum atomic E-state index is -3.76. The van der Waals surface area contributed by atoms with Crippen LogP contribution in [0.15, 0.2) is 23.1 Å². The van der Waals surface area contributed by atoms with Gasteiger partial charge in [-0.15, -0.1) is 0 Å². The Labute approximate surface area is 113 Å². The van der Waals surface area contributed by atoms with E-state index in [1.807, 2.05) is 6.92 Å². The summed E-state index contributed by atoms with van der Waals surface area (Å²) >= 11 is 0. The van der Waals surface area contributed by atoms with E-state index in [0.29, 0.717) is 5.92 Å². The van der Waals surface area contributed by atoms with Gasteiger partial charge in [0, 0.05) is 6.04 Å². The minimum Gasteiger partial charge on any atom is -0.395 e. The summed E-state index contributed by atoms with van der Waals surface area (Å²) in [7, 11) is -3.76. The van der Waals surface area contributed by atoms with Crippen molar-refractivity contribution in [1.82, 2.24) is 4.72 Å². The smallest absolute Gasteiger partial charge is 0.242 e. The van der Waals surface area contributed by atoms with Gasteiger partial charge in [-0.3, -0.25) is 0 Å². The Kier molecular flexibility index (Phi) is 4.10. The third-order valence-electron chi connectivity index (χ3n) is 3.72. The lowest BCUT2D eigenvalue weighted by Crippen LogP contribution is -2.41. The number of nitrogen functional groups attached to an aromatic ring is 1. The van der Waals surface area contributed by atoms with Crippen molar-refractivity contribution < 1.29 is 12.8 Å². The van der Waals surface area contributed by atoms with E-state index in [1.165, 1.54) is 12.1 Å². The highest BCUT2D eigenvalue weighted by molar-refractivity contribution is 7.89. The highest BCUT2D eigenvalue weighted by Gasteiger charge is 2.28. The van der Waals surface area contributed by atoms with Crippen LogP contribution < -0.4 is 10.5 Å². The van der Waals surface area contributed by atoms with Gasteiger partial charge >= 0.3 is 0 Å². The van der Waals surface area contributed by atoms with Crippen LogP contribution in [0.25, 0.3) is 0 Å². The van der Waals surface area contributed by atoms with Crippen LogP contribution in [0.5, 0.6) is 0 Å². The molecule has 1 saturated carbocycles. The standard InChI is InChI=1S/C13H19FN2O2S/c1-9-5-2-3-7-11(9)16-19(17,18)12-8-4-6-10(14)13(12)15/h4,6,8-9,11,16H,2-3,5,7,15H2,1H3. The first-order valence-corrected chi connectivity index (χ1v) is 7.96. The quantitative estimate of drug-likeness (QED) is 0.837. The molecule has 1 aliphatic carbocycles. The Bertz CT molecular complexity index is 560. The zero-order chi connectivity index (χ0) is 14.0. The van der Waals surface area contributed by atoms with Gasteiger partial charge < -0.3 is 5.73 Å². The number of para-hydroxylation sites is 1. The second-order valence-corrected chi connectivity index (χ2v) is 6.82. The topological polar surface area (TPSA) is 72.2 Å². The fourth-order valence-corrected chi connectivity index (χ4v) is 4.03. The fourth-order valence-electron chi connectivity index (χ4n) is 2.51. The first kappa shape index (κ1) is 14.3. The summed E-state index contributed by atoms with van der Waals surface area (Å²) in [6.07, 6.45) is 3.96. The lowest BCUT2D eigenvalue weighted by atomic mass is 9.87. The molecule has 0 aromatic heterocycles. The Hall–Kier alpha value is -1.14. The van der Waals surface area contributed by atoms with Crippen molar-refractivity contribution >= 4 is 15.7 Å². The van der Waals surface area contributed by atoms with E-state index < -0.39 is 15.8 Å². The van der Waals surface area contributed by atoms with Crippen molar-refractivity contribution in [2.75, 3.05) is 5.73 Å². The maximum Gasteiger partial charge on any atom is 0.242 e. The van der Waals surface area contributed by atoms with Crippen LogP contribution in [0, 0.1) is 11.7 Å². The molecule has 2 rings (SSSR count). The lowest BCUT2D eigenvalue weighted by Gasteiger charge is -2.29. The van der Waals surface area contributed by atoms with E-state index in [9.17, 15) is 12.8 Å². The van der Waals surface area contributed by atoms with Crippen LogP contribution >= 0.6 is 0 Å². The molecular weight excluding hydrogens is 267 g/mol. The van der Waals surface area contributed by atoms with E-state index in [0.717, 1.165) is 31.7 Å². The van der Waals surface area contributed by atoms with Crippen LogP contribution in [0.1, 0.15) is 32.6 Å². The third-order valence-corrected chi connectivity index (χ3v) is 5.27. The molecule has 1 aliphatic rings. The van der Waals surface area contributed by atoms with Crippen molar-refractivity contribution in [1.29, 1.82) is 0 Å². The molecule has 0 saturated heterocycles. The molecule has 2 atom stereocenters. The van der Waals surface area contributed by atoms with Gasteiger partial charge in [-0.25, -0.2) is 17.5 Å². The molecule has 0 amide bonds. The summed E-state index contributed by atoms with van der Waals surface area (Å²) in [5.41, 5.74) is 5.19. The van der Waals surface area contributed by atoms with E-state index in [-0.39, 0.29) is 16.6 Å². The van der Waals surface area contributed by atoms with Crippen molar-refractivity contribution in [3.8, 4) is 0 Å². The molecule has 106 valence electrons. The molecule has 0 radical (unpaired) electrons. The first-order valence-electron chi connectivity index (χ1n) is 6.48. The van der Waals surface area contributed by atoms with Gasteiger partial charge in [0.15, 0.2) is 0 Å². The number of hydrogen-bond acceptors (Lipinski definition) is 3. The Morgan fingerprint density at radius 1 is 1.32 bits per heavy atom. The summed E-state index contributed by atoms with van der Waals surface area (Å²) in [4.78, 5) is -0.176. The Morgan fingerprint density at radius 3 is 2.68 bits per heavy atom. The molecule has 6 heteroatoms. The molecule has 2 unspecified atom stereocenters. The van der Waals surface area contributed by atoms with Gasteiger partial charge in [-0.05, 0) is 30.9 Å². The Morgan fingerprint density at radius 2 is 2.00 bits per heavy atom. The molecule has 0 spiro atoms. The van der Waals surface area contributed by atoms with Crippen molar-refractivity contribution in [3.63, 3.8) is 0 Å². The van der Waals surface area contributed by atoms with Crippen LogP contribution in [-0.4, -0.2) is 14.5 Å². The van der Waals surface area contributed by atoms with E-state index in [2.05, 4.69) is 4.72 Å². The highest BCUT2D eigenvalue weighted by atomic mass is 32.2. The number of nitrogens with two attached hydrogens (primary N) is 1. The predicted molar refractivity (Wildman–Crippen MR) is 72.6 cm³/mol. The average Bonchev–Trinajstić information content (AvgIpc) is 2.35. The maximum atomic E-state index is 13.3. The number of halogens is 1. The molecule has 0 bridgehead atoms. The predicted octanol–water partition coefficient (Wildman–Crippen LogP) is 2.26. The van der Waals surface area contributed by atoms with Crippen LogP contribution in [0.2, 0.25) is 0 Å². The molecule has 1 fully saturated rings. The van der Waals surface area contributed by atoms with Gasteiger partial charge in [0.25, 0.3) is 0 Å². The summed E-state index contributed by atoms with van der Waals surface area (Å²) in [5.74, 6) is -0.419. The molecular formula is C13H19FN2O2S. The number of hydrogen-bond donors (Lipinski definition) is 2. The summed E-state index contributed by atoms with van der Waals surface area (Å²) in [5, 5.41) is 0. The summed E-state index contributed by atoms with van der Waals surface area (Å²) in [6, 6.07) is 3.73. The van der Waals surface area contributed by atoms with Crippen molar-refractivity contribution in [2.24, 2.45) is 5.92 Å². The minimum absolute atomic E-state index is 0.0959. The average molecular weight is 286 g/mol. The van der Waals surface area contributed by atoms with Crippen LogP contribution in [-0.2, 0) is 10.0 Å². The largest absolute Gasteiger partial charge is 0.395 e. The molecule has 1 aromatic rings. The molecule has 3 N–H and O–H groups in total. The molecule has 0 heterocycles. The maximum absolute atomic E-state index is 13.3. The second kappa shape index (κ2) is 5.46. The SMILES string of the molecule is CC1CCCCC1NS(=O)(=O)c1cccc(F)c1N. The van der Waals surface area contributed by atoms with Crippen molar-refractivity contribution in [3.05, 3.63) is 24.0 Å². The van der Waals surface area contributed by atoms with E-state index in [1.54, 1.807) is 0 Å². The third kappa shape index (κ3) is 3.06. The molecule has 19 heavy (non-hydrogen) atoms. The van der Waals surface area contributed by atoms with Crippen LogP contribution in [0.4, 0.5) is 10.1 Å². The zero-order valence-electron chi connectivity index (χ0n) is 10.9. The van der Waals surface area contributed by atoms with Gasteiger partial charge in [0.05, 0.1) is 5.69 Å². The Balaban J connectivity index is 2.25. The van der Waals surface area contributed by atoms with Gasteiger partial charge in [0.1, 0.15) is 10.7 Å². The number of benzene rings is 1. The van der Waals surface area contributed by atoms with Crippen LogP contribution in [0.3, 0.4) is 0 Å². The highest BCUT2D eigenvalue weighted by Crippen LogP contribution is 2.27. The van der Waals surface area contributed by atoms with E-state index in [4.69, 9.17) is 5.73 Å². The van der Waals surface area contributed by atoms with E-state index >= 15 is 0 Å². The van der Waals surface area contributed by atoms with Gasteiger partial charge in [-0.1, -0.05) is 25.8 Å². The van der Waals surface area contributed by atoms with Gasteiger partial charge in [0.2, 0.25) is 10.0 Å². The fraction of sp³-hybridized carbons (Fsp3) is 0.538. The lowest BCUT2D eigenvalue weighted by molar-refractivity contribution is 0.310. The first-order chi connectivity index (χ1) is 8.92. The number of rotatable bonds is 3.